The molecule has 1 aliphatic carbocycles. The second-order valence-electron chi connectivity index (χ2n) is 4.85. The molecule has 0 saturated heterocycles. The van der Waals surface area contributed by atoms with E-state index in [0.29, 0.717) is 16.5 Å². The van der Waals surface area contributed by atoms with Gasteiger partial charge in [-0.2, -0.15) is 0 Å². The highest BCUT2D eigenvalue weighted by atomic mass is 35.5. The summed E-state index contributed by atoms with van der Waals surface area (Å²) in [5.74, 6) is 0.223. The SMILES string of the molecule is Cc1cc2c(n1-c1cc(Cl)ccc1Cl)CCCC2=O. The molecule has 19 heavy (non-hydrogen) atoms. The van der Waals surface area contributed by atoms with E-state index in [4.69, 9.17) is 23.2 Å². The zero-order valence-corrected chi connectivity index (χ0v) is 12.1. The molecular weight excluding hydrogens is 281 g/mol. The van der Waals surface area contributed by atoms with Crippen molar-refractivity contribution in [3.63, 3.8) is 0 Å². The molecule has 0 amide bonds. The van der Waals surface area contributed by atoms with Crippen LogP contribution in [0.3, 0.4) is 0 Å². The van der Waals surface area contributed by atoms with Crippen molar-refractivity contribution in [3.8, 4) is 5.69 Å². The number of fused-ring (bicyclic) bond motifs is 1. The Balaban J connectivity index is 2.26. The molecule has 0 aliphatic heterocycles. The van der Waals surface area contributed by atoms with E-state index in [9.17, 15) is 4.79 Å². The third-order valence-corrected chi connectivity index (χ3v) is 4.11. The average Bonchev–Trinajstić information content (AvgIpc) is 2.70. The first-order valence-corrected chi connectivity index (χ1v) is 7.03. The molecule has 1 aromatic heterocycles. The summed E-state index contributed by atoms with van der Waals surface area (Å²) in [5, 5.41) is 1.28. The van der Waals surface area contributed by atoms with Crippen molar-refractivity contribution in [2.24, 2.45) is 0 Å². The first kappa shape index (κ1) is 12.8. The van der Waals surface area contributed by atoms with Gasteiger partial charge in [0.15, 0.2) is 5.78 Å². The van der Waals surface area contributed by atoms with Gasteiger partial charge in [-0.25, -0.2) is 0 Å². The van der Waals surface area contributed by atoms with Crippen molar-refractivity contribution < 1.29 is 4.79 Å². The van der Waals surface area contributed by atoms with Crippen LogP contribution in [-0.2, 0) is 6.42 Å². The maximum Gasteiger partial charge on any atom is 0.164 e. The zero-order chi connectivity index (χ0) is 13.6. The highest BCUT2D eigenvalue weighted by Gasteiger charge is 2.24. The number of carbonyl (C=O) groups is 1. The molecule has 0 radical (unpaired) electrons. The van der Waals surface area contributed by atoms with Crippen molar-refractivity contribution in [1.29, 1.82) is 0 Å². The van der Waals surface area contributed by atoms with Gasteiger partial charge in [0.25, 0.3) is 0 Å². The number of benzene rings is 1. The van der Waals surface area contributed by atoms with E-state index in [1.54, 1.807) is 12.1 Å². The highest BCUT2D eigenvalue weighted by Crippen LogP contribution is 2.32. The summed E-state index contributed by atoms with van der Waals surface area (Å²) in [6.07, 6.45) is 2.44. The Kier molecular flexibility index (Phi) is 3.15. The van der Waals surface area contributed by atoms with Gasteiger partial charge in [0.1, 0.15) is 0 Å². The van der Waals surface area contributed by atoms with Crippen molar-refractivity contribution in [3.05, 3.63) is 51.3 Å². The Labute approximate surface area is 121 Å². The van der Waals surface area contributed by atoms with Gasteiger partial charge in [-0.05, 0) is 44.0 Å². The van der Waals surface area contributed by atoms with Gasteiger partial charge in [0.2, 0.25) is 0 Å². The highest BCUT2D eigenvalue weighted by molar-refractivity contribution is 6.34. The molecule has 0 unspecified atom stereocenters. The Bertz CT molecular complexity index is 673. The van der Waals surface area contributed by atoms with Crippen molar-refractivity contribution in [2.45, 2.75) is 26.2 Å². The quantitative estimate of drug-likeness (QED) is 0.752. The fourth-order valence-electron chi connectivity index (χ4n) is 2.72. The number of aromatic nitrogens is 1. The van der Waals surface area contributed by atoms with E-state index in [1.807, 2.05) is 19.1 Å². The second-order valence-corrected chi connectivity index (χ2v) is 5.70. The number of aryl methyl sites for hydroxylation is 1. The van der Waals surface area contributed by atoms with Gasteiger partial charge < -0.3 is 4.57 Å². The predicted molar refractivity (Wildman–Crippen MR) is 77.8 cm³/mol. The number of hydrogen-bond donors (Lipinski definition) is 0. The lowest BCUT2D eigenvalue weighted by atomic mass is 9.96. The van der Waals surface area contributed by atoms with Crippen molar-refractivity contribution in [1.82, 2.24) is 4.57 Å². The molecule has 1 aromatic carbocycles. The fraction of sp³-hybridized carbons (Fsp3) is 0.267. The maximum atomic E-state index is 12.0. The van der Waals surface area contributed by atoms with E-state index in [1.165, 1.54) is 0 Å². The average molecular weight is 294 g/mol. The van der Waals surface area contributed by atoms with E-state index in [0.717, 1.165) is 35.5 Å². The molecule has 0 atom stereocenters. The fourth-order valence-corrected chi connectivity index (χ4v) is 3.09. The van der Waals surface area contributed by atoms with E-state index < -0.39 is 0 Å². The predicted octanol–water partition coefficient (Wildman–Crippen LogP) is 4.61. The lowest BCUT2D eigenvalue weighted by molar-refractivity contribution is 0.0972. The maximum absolute atomic E-state index is 12.0. The molecule has 2 aromatic rings. The largest absolute Gasteiger partial charge is 0.316 e. The molecule has 3 rings (SSSR count). The number of Topliss-reactive ketones (excluding diaryl/α,β-unsaturated/α-hetero) is 1. The van der Waals surface area contributed by atoms with Gasteiger partial charge >= 0.3 is 0 Å². The molecule has 0 bridgehead atoms. The number of nitrogens with zero attached hydrogens (tertiary/aromatic N) is 1. The Morgan fingerprint density at radius 1 is 1.16 bits per heavy atom. The summed E-state index contributed by atoms with van der Waals surface area (Å²) < 4.78 is 2.06. The summed E-state index contributed by atoms with van der Waals surface area (Å²) >= 11 is 12.3. The monoisotopic (exact) mass is 293 g/mol. The zero-order valence-electron chi connectivity index (χ0n) is 10.5. The van der Waals surface area contributed by atoms with E-state index >= 15 is 0 Å². The molecule has 4 heteroatoms. The van der Waals surface area contributed by atoms with E-state index in [-0.39, 0.29) is 5.78 Å². The van der Waals surface area contributed by atoms with Crippen molar-refractivity contribution in [2.75, 3.05) is 0 Å². The smallest absolute Gasteiger partial charge is 0.164 e. The van der Waals surface area contributed by atoms with Gasteiger partial charge in [0.05, 0.1) is 10.7 Å². The number of rotatable bonds is 1. The van der Waals surface area contributed by atoms with Crippen LogP contribution < -0.4 is 0 Å². The molecule has 0 N–H and O–H groups in total. The first-order valence-electron chi connectivity index (χ1n) is 6.28. The molecule has 0 saturated carbocycles. The second kappa shape index (κ2) is 4.69. The molecule has 0 spiro atoms. The summed E-state index contributed by atoms with van der Waals surface area (Å²) in [5.41, 5.74) is 3.75. The van der Waals surface area contributed by atoms with Crippen LogP contribution in [0.2, 0.25) is 10.0 Å². The van der Waals surface area contributed by atoms with Gasteiger partial charge in [0, 0.05) is 28.4 Å². The minimum atomic E-state index is 0.223. The van der Waals surface area contributed by atoms with Crippen LogP contribution in [0.5, 0.6) is 0 Å². The minimum absolute atomic E-state index is 0.223. The lowest BCUT2D eigenvalue weighted by Crippen LogP contribution is -2.12. The summed E-state index contributed by atoms with van der Waals surface area (Å²) in [4.78, 5) is 12.0. The topological polar surface area (TPSA) is 22.0 Å². The van der Waals surface area contributed by atoms with Crippen LogP contribution in [-0.4, -0.2) is 10.4 Å². The van der Waals surface area contributed by atoms with Gasteiger partial charge in [-0.3, -0.25) is 4.79 Å². The standard InChI is InChI=1S/C15H13Cl2NO/c1-9-7-11-13(3-2-4-15(11)19)18(9)14-8-10(16)5-6-12(14)17/h5-8H,2-4H2,1H3. The van der Waals surface area contributed by atoms with Crippen molar-refractivity contribution >= 4 is 29.0 Å². The van der Waals surface area contributed by atoms with Crippen LogP contribution in [0.1, 0.15) is 34.6 Å². The number of hydrogen-bond acceptors (Lipinski definition) is 1. The lowest BCUT2D eigenvalue weighted by Gasteiger charge is -2.17. The Morgan fingerprint density at radius 3 is 2.74 bits per heavy atom. The normalized spacial score (nSPS) is 14.6. The van der Waals surface area contributed by atoms with Gasteiger partial charge in [-0.15, -0.1) is 0 Å². The van der Waals surface area contributed by atoms with Gasteiger partial charge in [-0.1, -0.05) is 23.2 Å². The third kappa shape index (κ3) is 2.09. The summed E-state index contributed by atoms with van der Waals surface area (Å²) in [6, 6.07) is 7.35. The first-order chi connectivity index (χ1) is 9.08. The molecule has 1 aliphatic rings. The number of halogens is 2. The Hall–Kier alpha value is -1.25. The van der Waals surface area contributed by atoms with E-state index in [2.05, 4.69) is 4.57 Å². The minimum Gasteiger partial charge on any atom is -0.316 e. The summed E-state index contributed by atoms with van der Waals surface area (Å²) in [7, 11) is 0. The van der Waals surface area contributed by atoms with Crippen LogP contribution in [0.4, 0.5) is 0 Å². The molecule has 98 valence electrons. The Morgan fingerprint density at radius 2 is 1.95 bits per heavy atom. The molecular formula is C15H13Cl2NO. The molecule has 2 nitrogen and oxygen atoms in total. The molecule has 0 fully saturated rings. The van der Waals surface area contributed by atoms with Crippen LogP contribution in [0.15, 0.2) is 24.3 Å². The van der Waals surface area contributed by atoms with Crippen LogP contribution in [0, 0.1) is 6.92 Å². The number of carbonyl (C=O) groups excluding carboxylic acids is 1. The summed E-state index contributed by atoms with van der Waals surface area (Å²) in [6.45, 7) is 1.99. The number of ketones is 1. The third-order valence-electron chi connectivity index (χ3n) is 3.55. The van der Waals surface area contributed by atoms with Crippen LogP contribution >= 0.6 is 23.2 Å². The molecule has 1 heterocycles. The van der Waals surface area contributed by atoms with Crippen LogP contribution in [0.25, 0.3) is 5.69 Å².